The molecule has 2 heterocycles. The molecule has 3 rings (SSSR count). The summed E-state index contributed by atoms with van der Waals surface area (Å²) in [5.41, 5.74) is 7.47. The van der Waals surface area contributed by atoms with Gasteiger partial charge in [-0.2, -0.15) is 0 Å². The molecule has 0 bridgehead atoms. The van der Waals surface area contributed by atoms with Crippen LogP contribution in [0, 0.1) is 11.7 Å². The molecule has 1 fully saturated rings. The molecule has 2 aromatic rings. The van der Waals surface area contributed by atoms with Gasteiger partial charge in [-0.1, -0.05) is 12.1 Å². The molecule has 2 N–H and O–H groups in total. The van der Waals surface area contributed by atoms with Crippen LogP contribution in [0.15, 0.2) is 29.6 Å². The lowest BCUT2D eigenvalue weighted by atomic mass is 9.92. The van der Waals surface area contributed by atoms with Gasteiger partial charge in [0, 0.05) is 30.1 Å². The minimum Gasteiger partial charge on any atom is -0.342 e. The number of hydrogen-bond acceptors (Lipinski definition) is 4. The number of thiazole rings is 1. The summed E-state index contributed by atoms with van der Waals surface area (Å²) in [6.45, 7) is 3.53. The van der Waals surface area contributed by atoms with E-state index in [0.29, 0.717) is 5.92 Å². The Morgan fingerprint density at radius 3 is 2.92 bits per heavy atom. The van der Waals surface area contributed by atoms with E-state index in [9.17, 15) is 9.18 Å². The number of rotatable bonds is 4. The Balaban J connectivity index is 0.00000169. The Morgan fingerprint density at radius 1 is 1.46 bits per heavy atom. The number of aromatic nitrogens is 1. The van der Waals surface area contributed by atoms with E-state index in [1.165, 1.54) is 23.5 Å². The molecule has 0 spiro atoms. The van der Waals surface area contributed by atoms with Crippen molar-refractivity contribution in [1.82, 2.24) is 9.88 Å². The lowest BCUT2D eigenvalue weighted by molar-refractivity contribution is -0.132. The van der Waals surface area contributed by atoms with Gasteiger partial charge in [-0.25, -0.2) is 9.37 Å². The Hall–Kier alpha value is -1.21. The maximum absolute atomic E-state index is 13.3. The van der Waals surface area contributed by atoms with Gasteiger partial charge >= 0.3 is 0 Å². The van der Waals surface area contributed by atoms with E-state index in [-0.39, 0.29) is 49.0 Å². The molecule has 1 aromatic carbocycles. The molecule has 0 aliphatic carbocycles. The van der Waals surface area contributed by atoms with Crippen molar-refractivity contribution in [3.05, 3.63) is 41.2 Å². The third kappa shape index (κ3) is 5.64. The number of nitrogens with two attached hydrogens (primary N) is 1. The topological polar surface area (TPSA) is 59.2 Å². The normalized spacial score (nSPS) is 17.8. The van der Waals surface area contributed by atoms with Gasteiger partial charge in [-0.05, 0) is 37.8 Å². The predicted molar refractivity (Wildman–Crippen MR) is 109 cm³/mol. The second kappa shape index (κ2) is 10.2. The highest BCUT2D eigenvalue weighted by Crippen LogP contribution is 2.25. The fourth-order valence-corrected chi connectivity index (χ4v) is 3.89. The summed E-state index contributed by atoms with van der Waals surface area (Å²) in [5, 5.41) is 2.62. The number of benzene rings is 1. The van der Waals surface area contributed by atoms with Crippen molar-refractivity contribution in [2.45, 2.75) is 32.2 Å². The Kier molecular flexibility index (Phi) is 8.96. The number of carbonyl (C=O) groups excluding carboxylic acids is 1. The van der Waals surface area contributed by atoms with E-state index in [0.717, 1.165) is 42.2 Å². The smallest absolute Gasteiger partial charge is 0.228 e. The van der Waals surface area contributed by atoms with Crippen LogP contribution in [-0.2, 0) is 11.2 Å². The number of halogens is 3. The predicted octanol–water partition coefficient (Wildman–Crippen LogP) is 3.92. The van der Waals surface area contributed by atoms with E-state index in [2.05, 4.69) is 4.98 Å². The number of nitrogens with zero attached hydrogens (tertiary/aromatic N) is 2. The Bertz CT molecular complexity index is 726. The molecule has 8 heteroatoms. The second-order valence-electron chi connectivity index (χ2n) is 6.43. The summed E-state index contributed by atoms with van der Waals surface area (Å²) in [6, 6.07) is 6.47. The Labute approximate surface area is 169 Å². The molecule has 1 aliphatic heterocycles. The van der Waals surface area contributed by atoms with E-state index in [1.807, 2.05) is 23.3 Å². The highest BCUT2D eigenvalue weighted by atomic mass is 35.5. The molecule has 144 valence electrons. The lowest BCUT2D eigenvalue weighted by Crippen LogP contribution is -2.45. The van der Waals surface area contributed by atoms with Gasteiger partial charge in [0.05, 0.1) is 12.1 Å². The average molecular weight is 420 g/mol. The van der Waals surface area contributed by atoms with E-state index in [4.69, 9.17) is 5.73 Å². The van der Waals surface area contributed by atoms with Gasteiger partial charge in [0.1, 0.15) is 10.8 Å². The van der Waals surface area contributed by atoms with Crippen LogP contribution in [0.5, 0.6) is 0 Å². The third-order valence-electron chi connectivity index (χ3n) is 4.51. The van der Waals surface area contributed by atoms with Gasteiger partial charge < -0.3 is 10.6 Å². The highest BCUT2D eigenvalue weighted by molar-refractivity contribution is 7.13. The number of piperidine rings is 1. The third-order valence-corrected chi connectivity index (χ3v) is 5.45. The minimum absolute atomic E-state index is 0. The van der Waals surface area contributed by atoms with Gasteiger partial charge in [0.15, 0.2) is 0 Å². The second-order valence-corrected chi connectivity index (χ2v) is 7.29. The van der Waals surface area contributed by atoms with Gasteiger partial charge in [-0.3, -0.25) is 4.79 Å². The molecule has 2 unspecified atom stereocenters. The molecule has 1 saturated heterocycles. The maximum atomic E-state index is 13.3. The van der Waals surface area contributed by atoms with Crippen molar-refractivity contribution in [3.63, 3.8) is 0 Å². The van der Waals surface area contributed by atoms with Gasteiger partial charge in [0.2, 0.25) is 5.91 Å². The quantitative estimate of drug-likeness (QED) is 0.816. The first-order chi connectivity index (χ1) is 11.5. The van der Waals surface area contributed by atoms with Crippen LogP contribution in [0.2, 0.25) is 0 Å². The molecule has 26 heavy (non-hydrogen) atoms. The van der Waals surface area contributed by atoms with Crippen LogP contribution >= 0.6 is 36.2 Å². The first-order valence-corrected chi connectivity index (χ1v) is 9.14. The zero-order valence-electron chi connectivity index (χ0n) is 14.6. The molecule has 0 radical (unpaired) electrons. The molecule has 2 atom stereocenters. The first-order valence-electron chi connectivity index (χ1n) is 8.26. The number of likely N-dealkylation sites (tertiary alicyclic amines) is 1. The lowest BCUT2D eigenvalue weighted by Gasteiger charge is -2.34. The molecule has 4 nitrogen and oxygen atoms in total. The fourth-order valence-electron chi connectivity index (χ4n) is 3.07. The van der Waals surface area contributed by atoms with Gasteiger partial charge in [0.25, 0.3) is 0 Å². The summed E-state index contributed by atoms with van der Waals surface area (Å²) in [4.78, 5) is 18.9. The number of carbonyl (C=O) groups is 1. The van der Waals surface area contributed by atoms with Crippen molar-refractivity contribution in [2.24, 2.45) is 11.7 Å². The monoisotopic (exact) mass is 419 g/mol. The summed E-state index contributed by atoms with van der Waals surface area (Å²) in [5.74, 6) is 0.188. The van der Waals surface area contributed by atoms with Crippen molar-refractivity contribution in [3.8, 4) is 10.6 Å². The SMILES string of the molecule is CC(N)C1CCCN(C(=O)Cc2csc(-c3cccc(F)c3)n2)C1.Cl.Cl. The zero-order valence-corrected chi connectivity index (χ0v) is 17.0. The molecule has 1 aromatic heterocycles. The highest BCUT2D eigenvalue weighted by Gasteiger charge is 2.26. The summed E-state index contributed by atoms with van der Waals surface area (Å²) < 4.78 is 13.3. The zero-order chi connectivity index (χ0) is 17.1. The van der Waals surface area contributed by atoms with Crippen molar-refractivity contribution < 1.29 is 9.18 Å². The van der Waals surface area contributed by atoms with E-state index in [1.54, 1.807) is 6.07 Å². The maximum Gasteiger partial charge on any atom is 0.228 e. The number of amides is 1. The molecular formula is C18H24Cl2FN3OS. The molecule has 1 amide bonds. The largest absolute Gasteiger partial charge is 0.342 e. The van der Waals surface area contributed by atoms with Crippen LogP contribution in [0.25, 0.3) is 10.6 Å². The minimum atomic E-state index is -0.282. The molecular weight excluding hydrogens is 396 g/mol. The van der Waals surface area contributed by atoms with E-state index >= 15 is 0 Å². The molecule has 1 aliphatic rings. The van der Waals surface area contributed by atoms with Crippen LogP contribution in [0.3, 0.4) is 0 Å². The van der Waals surface area contributed by atoms with Crippen LogP contribution in [-0.4, -0.2) is 34.9 Å². The molecule has 0 saturated carbocycles. The van der Waals surface area contributed by atoms with Crippen LogP contribution < -0.4 is 5.73 Å². The Morgan fingerprint density at radius 2 is 2.23 bits per heavy atom. The van der Waals surface area contributed by atoms with E-state index < -0.39 is 0 Å². The summed E-state index contributed by atoms with van der Waals surface area (Å²) in [7, 11) is 0. The standard InChI is InChI=1S/C18H22FN3OS.2ClH/c1-12(20)14-5-3-7-22(10-14)17(23)9-16-11-24-18(21-16)13-4-2-6-15(19)8-13;;/h2,4,6,8,11-12,14H,3,5,7,9-10,20H2,1H3;2*1H. The average Bonchev–Trinajstić information content (AvgIpc) is 3.03. The number of hydrogen-bond donors (Lipinski definition) is 1. The summed E-state index contributed by atoms with van der Waals surface area (Å²) >= 11 is 1.44. The van der Waals surface area contributed by atoms with Crippen molar-refractivity contribution in [2.75, 3.05) is 13.1 Å². The van der Waals surface area contributed by atoms with Crippen LogP contribution in [0.4, 0.5) is 4.39 Å². The van der Waals surface area contributed by atoms with Crippen molar-refractivity contribution >= 4 is 42.1 Å². The summed E-state index contributed by atoms with van der Waals surface area (Å²) in [6.07, 6.45) is 2.38. The van der Waals surface area contributed by atoms with Crippen LogP contribution in [0.1, 0.15) is 25.5 Å². The van der Waals surface area contributed by atoms with Gasteiger partial charge in [-0.15, -0.1) is 36.2 Å². The fraction of sp³-hybridized carbons (Fsp3) is 0.444. The van der Waals surface area contributed by atoms with Crippen molar-refractivity contribution in [1.29, 1.82) is 0 Å². The first kappa shape index (κ1) is 22.8.